The number of nitrogens with zero attached hydrogens (tertiary/aromatic N) is 1. The molecule has 1 unspecified atom stereocenters. The van der Waals surface area contributed by atoms with Crippen molar-refractivity contribution in [1.29, 1.82) is 0 Å². The van der Waals surface area contributed by atoms with E-state index in [9.17, 15) is 18.3 Å². The molecule has 0 bridgehead atoms. The molecule has 1 saturated heterocycles. The van der Waals surface area contributed by atoms with Crippen LogP contribution in [0.15, 0.2) is 18.2 Å². The second-order valence-corrected chi connectivity index (χ2v) is 4.57. The van der Waals surface area contributed by atoms with Crippen molar-refractivity contribution in [3.05, 3.63) is 18.2 Å². The summed E-state index contributed by atoms with van der Waals surface area (Å²) in [5.41, 5.74) is 6.58. The van der Waals surface area contributed by atoms with E-state index in [0.717, 1.165) is 0 Å². The van der Waals surface area contributed by atoms with E-state index in [2.05, 4.69) is 0 Å². The first-order valence-corrected chi connectivity index (χ1v) is 5.78. The second kappa shape index (κ2) is 4.59. The Morgan fingerprint density at radius 1 is 1.33 bits per heavy atom. The van der Waals surface area contributed by atoms with E-state index in [1.54, 1.807) is 11.0 Å². The number of alkyl halides is 3. The molecule has 0 radical (unpaired) electrons. The number of anilines is 2. The van der Waals surface area contributed by atoms with Crippen molar-refractivity contribution >= 4 is 11.4 Å². The fourth-order valence-corrected chi connectivity index (χ4v) is 2.29. The summed E-state index contributed by atoms with van der Waals surface area (Å²) >= 11 is 0. The number of phenols is 1. The smallest absolute Gasteiger partial charge is 0.393 e. The molecular weight excluding hydrogens is 245 g/mol. The highest BCUT2D eigenvalue weighted by Crippen LogP contribution is 2.36. The number of nitrogen functional groups attached to an aromatic ring is 1. The minimum Gasteiger partial charge on any atom is -0.508 e. The fourth-order valence-electron chi connectivity index (χ4n) is 2.29. The van der Waals surface area contributed by atoms with Crippen LogP contribution in [0.3, 0.4) is 0 Å². The molecule has 0 amide bonds. The summed E-state index contributed by atoms with van der Waals surface area (Å²) in [6.45, 7) is 0.486. The molecule has 3 nitrogen and oxygen atoms in total. The van der Waals surface area contributed by atoms with E-state index >= 15 is 0 Å². The monoisotopic (exact) mass is 260 g/mol. The highest BCUT2D eigenvalue weighted by Gasteiger charge is 2.42. The van der Waals surface area contributed by atoms with Crippen LogP contribution in [0.1, 0.15) is 12.8 Å². The molecule has 1 aliphatic rings. The molecule has 18 heavy (non-hydrogen) atoms. The molecule has 1 aromatic carbocycles. The summed E-state index contributed by atoms with van der Waals surface area (Å²) in [5, 5.41) is 9.24. The van der Waals surface area contributed by atoms with Crippen LogP contribution in [0, 0.1) is 5.92 Å². The van der Waals surface area contributed by atoms with Gasteiger partial charge in [0.2, 0.25) is 0 Å². The van der Waals surface area contributed by atoms with Crippen LogP contribution >= 0.6 is 0 Å². The van der Waals surface area contributed by atoms with Gasteiger partial charge < -0.3 is 15.7 Å². The molecule has 2 rings (SSSR count). The third-order valence-electron chi connectivity index (χ3n) is 3.24. The highest BCUT2D eigenvalue weighted by atomic mass is 19.4. The van der Waals surface area contributed by atoms with Crippen LogP contribution in [-0.2, 0) is 0 Å². The molecule has 0 aromatic heterocycles. The topological polar surface area (TPSA) is 49.5 Å². The average molecular weight is 260 g/mol. The van der Waals surface area contributed by atoms with Crippen molar-refractivity contribution in [2.45, 2.75) is 19.0 Å². The first kappa shape index (κ1) is 12.9. The van der Waals surface area contributed by atoms with Crippen molar-refractivity contribution in [3.8, 4) is 5.75 Å². The Morgan fingerprint density at radius 2 is 2.06 bits per heavy atom. The molecule has 0 aliphatic carbocycles. The Hall–Kier alpha value is -1.59. The quantitative estimate of drug-likeness (QED) is 0.763. The van der Waals surface area contributed by atoms with Crippen LogP contribution in [0.4, 0.5) is 24.5 Å². The van der Waals surface area contributed by atoms with Crippen LogP contribution in [0.5, 0.6) is 5.75 Å². The first-order valence-electron chi connectivity index (χ1n) is 5.78. The second-order valence-electron chi connectivity index (χ2n) is 4.57. The van der Waals surface area contributed by atoms with E-state index in [0.29, 0.717) is 24.3 Å². The molecule has 1 atom stereocenters. The number of nitrogens with two attached hydrogens (primary N) is 1. The lowest BCUT2D eigenvalue weighted by molar-refractivity contribution is -0.175. The number of halogens is 3. The summed E-state index contributed by atoms with van der Waals surface area (Å²) in [7, 11) is 0. The number of benzene rings is 1. The minimum absolute atomic E-state index is 0.0145. The predicted octanol–water partition coefficient (Wildman–Crippen LogP) is 2.75. The molecule has 6 heteroatoms. The summed E-state index contributed by atoms with van der Waals surface area (Å²) in [5.74, 6) is -1.29. The summed E-state index contributed by atoms with van der Waals surface area (Å²) < 4.78 is 38.1. The highest BCUT2D eigenvalue weighted by molar-refractivity contribution is 5.69. The van der Waals surface area contributed by atoms with Gasteiger partial charge in [-0.1, -0.05) is 0 Å². The molecule has 1 aromatic rings. The lowest BCUT2D eigenvalue weighted by atomic mass is 9.97. The van der Waals surface area contributed by atoms with Crippen LogP contribution in [-0.4, -0.2) is 24.4 Å². The van der Waals surface area contributed by atoms with Gasteiger partial charge in [-0.05, 0) is 25.0 Å². The minimum atomic E-state index is -4.16. The first-order chi connectivity index (χ1) is 8.38. The van der Waals surface area contributed by atoms with Gasteiger partial charge in [0.1, 0.15) is 5.75 Å². The van der Waals surface area contributed by atoms with Crippen molar-refractivity contribution in [1.82, 2.24) is 0 Å². The Bertz CT molecular complexity index is 434. The average Bonchev–Trinajstić information content (AvgIpc) is 2.28. The SMILES string of the molecule is Nc1cc(O)ccc1N1CCCC(C(F)(F)F)C1. The Balaban J connectivity index is 2.18. The molecular formula is C12H15F3N2O. The van der Waals surface area contributed by atoms with Crippen LogP contribution in [0.25, 0.3) is 0 Å². The maximum absolute atomic E-state index is 12.7. The standard InChI is InChI=1S/C12H15F3N2O/c13-12(14,15)8-2-1-5-17(7-8)11-4-3-9(18)6-10(11)16/h3-4,6,8,18H,1-2,5,7,16H2. The summed E-state index contributed by atoms with van der Waals surface area (Å²) in [6.07, 6.45) is -3.51. The Labute approximate surface area is 103 Å². The van der Waals surface area contributed by atoms with Gasteiger partial charge in [0, 0.05) is 19.2 Å². The number of hydrogen-bond donors (Lipinski definition) is 2. The Kier molecular flexibility index (Phi) is 3.28. The zero-order chi connectivity index (χ0) is 13.3. The van der Waals surface area contributed by atoms with E-state index in [1.165, 1.54) is 12.1 Å². The molecule has 0 spiro atoms. The largest absolute Gasteiger partial charge is 0.508 e. The zero-order valence-corrected chi connectivity index (χ0v) is 9.74. The lowest BCUT2D eigenvalue weighted by Crippen LogP contribution is -2.42. The van der Waals surface area contributed by atoms with Gasteiger partial charge in [-0.15, -0.1) is 0 Å². The van der Waals surface area contributed by atoms with Gasteiger partial charge in [-0.2, -0.15) is 13.2 Å². The maximum Gasteiger partial charge on any atom is 0.393 e. The summed E-state index contributed by atoms with van der Waals surface area (Å²) in [4.78, 5) is 1.64. The Morgan fingerprint density at radius 3 is 2.67 bits per heavy atom. The molecule has 1 aliphatic heterocycles. The van der Waals surface area contributed by atoms with E-state index in [-0.39, 0.29) is 18.7 Å². The molecule has 1 heterocycles. The van der Waals surface area contributed by atoms with Gasteiger partial charge in [0.15, 0.2) is 0 Å². The number of piperidine rings is 1. The van der Waals surface area contributed by atoms with Gasteiger partial charge in [-0.3, -0.25) is 0 Å². The van der Waals surface area contributed by atoms with Crippen molar-refractivity contribution in [3.63, 3.8) is 0 Å². The fraction of sp³-hybridized carbons (Fsp3) is 0.500. The van der Waals surface area contributed by atoms with Gasteiger partial charge in [-0.25, -0.2) is 0 Å². The van der Waals surface area contributed by atoms with Gasteiger partial charge in [0.25, 0.3) is 0 Å². The van der Waals surface area contributed by atoms with Crippen molar-refractivity contribution in [2.75, 3.05) is 23.7 Å². The van der Waals surface area contributed by atoms with Crippen LogP contribution < -0.4 is 10.6 Å². The van der Waals surface area contributed by atoms with E-state index < -0.39 is 12.1 Å². The number of phenolic OH excluding ortho intramolecular Hbond substituents is 1. The third kappa shape index (κ3) is 2.63. The number of hydrogen-bond acceptors (Lipinski definition) is 3. The molecule has 3 N–H and O–H groups in total. The molecule has 100 valence electrons. The van der Waals surface area contributed by atoms with E-state index in [1.807, 2.05) is 0 Å². The number of rotatable bonds is 1. The van der Waals surface area contributed by atoms with Gasteiger partial charge >= 0.3 is 6.18 Å². The molecule has 0 saturated carbocycles. The summed E-state index contributed by atoms with van der Waals surface area (Å²) in [6, 6.07) is 4.35. The van der Waals surface area contributed by atoms with E-state index in [4.69, 9.17) is 5.73 Å². The van der Waals surface area contributed by atoms with Crippen molar-refractivity contribution in [2.24, 2.45) is 5.92 Å². The molecule has 1 fully saturated rings. The third-order valence-corrected chi connectivity index (χ3v) is 3.24. The number of aromatic hydroxyl groups is 1. The zero-order valence-electron chi connectivity index (χ0n) is 9.74. The maximum atomic E-state index is 12.7. The predicted molar refractivity (Wildman–Crippen MR) is 63.5 cm³/mol. The van der Waals surface area contributed by atoms with Gasteiger partial charge in [0.05, 0.1) is 17.3 Å². The van der Waals surface area contributed by atoms with Crippen molar-refractivity contribution < 1.29 is 18.3 Å². The lowest BCUT2D eigenvalue weighted by Gasteiger charge is -2.35. The normalized spacial score (nSPS) is 21.1. The van der Waals surface area contributed by atoms with Crippen LogP contribution in [0.2, 0.25) is 0 Å².